The van der Waals surface area contributed by atoms with Crippen LogP contribution < -0.4 is 10.9 Å². The fraction of sp³-hybridized carbons (Fsp3) is 0.615. The van der Waals surface area contributed by atoms with Gasteiger partial charge >= 0.3 is 0 Å². The van der Waals surface area contributed by atoms with E-state index in [1.807, 2.05) is 13.8 Å². The van der Waals surface area contributed by atoms with Crippen molar-refractivity contribution in [2.45, 2.75) is 83.8 Å². The van der Waals surface area contributed by atoms with Gasteiger partial charge in [-0.2, -0.15) is 9.61 Å². The van der Waals surface area contributed by atoms with Crippen molar-refractivity contribution in [2.24, 2.45) is 11.8 Å². The number of nitrogens with one attached hydrogen (secondary N) is 1. The van der Waals surface area contributed by atoms with Gasteiger partial charge in [-0.15, -0.1) is 0 Å². The normalized spacial score (nSPS) is 23.2. The molecular formula is C26H33F2N5O4. The van der Waals surface area contributed by atoms with Crippen molar-refractivity contribution >= 4 is 23.5 Å². The Morgan fingerprint density at radius 2 is 2.00 bits per heavy atom. The third-order valence-electron chi connectivity index (χ3n) is 7.54. The van der Waals surface area contributed by atoms with Crippen LogP contribution in [0.2, 0.25) is 0 Å². The summed E-state index contributed by atoms with van der Waals surface area (Å²) >= 11 is 0. The molecule has 3 fully saturated rings. The van der Waals surface area contributed by atoms with Crippen LogP contribution in [0.1, 0.15) is 74.0 Å². The van der Waals surface area contributed by atoms with Gasteiger partial charge in [0, 0.05) is 49.7 Å². The average molecular weight is 518 g/mol. The second-order valence-corrected chi connectivity index (χ2v) is 11.2. The van der Waals surface area contributed by atoms with Gasteiger partial charge in [-0.25, -0.2) is 8.78 Å². The first kappa shape index (κ1) is 25.4. The zero-order valence-electron chi connectivity index (χ0n) is 21.3. The third kappa shape index (κ3) is 4.87. The SMILES string of the molecule is Cc1nn2c(O)c(C(=O)NC3CC3)c(=O)n(CC(C)C)c2c1/C=C/C(=O)N1CC2CCC(F)(F)CC1C2. The highest BCUT2D eigenvalue weighted by Gasteiger charge is 2.45. The van der Waals surface area contributed by atoms with Gasteiger partial charge < -0.3 is 15.3 Å². The summed E-state index contributed by atoms with van der Waals surface area (Å²) in [4.78, 5) is 40.9. The van der Waals surface area contributed by atoms with Gasteiger partial charge in [0.15, 0.2) is 5.56 Å². The summed E-state index contributed by atoms with van der Waals surface area (Å²) < 4.78 is 30.8. The highest BCUT2D eigenvalue weighted by atomic mass is 19.3. The molecule has 200 valence electrons. The molecule has 2 aromatic heterocycles. The maximum absolute atomic E-state index is 14.1. The van der Waals surface area contributed by atoms with Crippen molar-refractivity contribution in [3.8, 4) is 5.88 Å². The van der Waals surface area contributed by atoms with Gasteiger partial charge in [0.25, 0.3) is 11.5 Å². The predicted octanol–water partition coefficient (Wildman–Crippen LogP) is 3.11. The molecule has 37 heavy (non-hydrogen) atoms. The van der Waals surface area contributed by atoms with Crippen molar-refractivity contribution in [3.63, 3.8) is 0 Å². The summed E-state index contributed by atoms with van der Waals surface area (Å²) in [5.74, 6) is -4.23. The fourth-order valence-corrected chi connectivity index (χ4v) is 5.58. The first-order valence-electron chi connectivity index (χ1n) is 13.0. The van der Waals surface area contributed by atoms with Gasteiger partial charge in [0.05, 0.1) is 5.69 Å². The molecule has 9 nitrogen and oxygen atoms in total. The van der Waals surface area contributed by atoms with Crippen molar-refractivity contribution in [1.82, 2.24) is 24.4 Å². The number of aromatic hydroxyl groups is 1. The molecule has 5 rings (SSSR count). The summed E-state index contributed by atoms with van der Waals surface area (Å²) in [6, 6.07) is -0.501. The molecule has 0 aromatic carbocycles. The zero-order chi connectivity index (χ0) is 26.6. The lowest BCUT2D eigenvalue weighted by Crippen LogP contribution is -2.39. The number of aromatic nitrogens is 3. The molecule has 1 aliphatic heterocycles. The molecule has 2 unspecified atom stereocenters. The van der Waals surface area contributed by atoms with Gasteiger partial charge in [-0.1, -0.05) is 13.8 Å². The molecule has 0 radical (unpaired) electrons. The van der Waals surface area contributed by atoms with Gasteiger partial charge in [0.1, 0.15) is 5.65 Å². The van der Waals surface area contributed by atoms with Gasteiger partial charge in [-0.05, 0) is 50.5 Å². The molecule has 0 spiro atoms. The molecule has 2 saturated carbocycles. The van der Waals surface area contributed by atoms with Crippen LogP contribution in [-0.4, -0.2) is 60.6 Å². The number of alkyl halides is 2. The second kappa shape index (κ2) is 9.25. The monoisotopic (exact) mass is 517 g/mol. The van der Waals surface area contributed by atoms with E-state index >= 15 is 0 Å². The topological polar surface area (TPSA) is 109 Å². The quantitative estimate of drug-likeness (QED) is 0.573. The van der Waals surface area contributed by atoms with Crippen LogP contribution in [0.15, 0.2) is 10.9 Å². The van der Waals surface area contributed by atoms with Gasteiger partial charge in [0.2, 0.25) is 17.7 Å². The lowest BCUT2D eigenvalue weighted by molar-refractivity contribution is -0.129. The van der Waals surface area contributed by atoms with E-state index in [1.165, 1.54) is 26.1 Å². The molecule has 1 saturated heterocycles. The number of halogens is 2. The third-order valence-corrected chi connectivity index (χ3v) is 7.54. The molecule has 2 amide bonds. The van der Waals surface area contributed by atoms with E-state index in [4.69, 9.17) is 0 Å². The average Bonchev–Trinajstić information content (AvgIpc) is 3.46. The van der Waals surface area contributed by atoms with Crippen molar-refractivity contribution in [3.05, 3.63) is 33.3 Å². The Balaban J connectivity index is 1.52. The van der Waals surface area contributed by atoms with E-state index in [1.54, 1.807) is 6.92 Å². The number of carbonyl (C=O) groups excluding carboxylic acids is 2. The number of hydrogen-bond donors (Lipinski definition) is 2. The first-order valence-corrected chi connectivity index (χ1v) is 13.0. The Bertz CT molecular complexity index is 1340. The van der Waals surface area contributed by atoms with Crippen LogP contribution in [0.3, 0.4) is 0 Å². The Morgan fingerprint density at radius 1 is 1.27 bits per heavy atom. The van der Waals surface area contributed by atoms with Crippen LogP contribution in [0.5, 0.6) is 5.88 Å². The molecule has 3 aliphatic rings. The van der Waals surface area contributed by atoms with Crippen LogP contribution in [0, 0.1) is 18.8 Å². The van der Waals surface area contributed by atoms with E-state index in [9.17, 15) is 28.3 Å². The first-order chi connectivity index (χ1) is 17.4. The molecular weight excluding hydrogens is 484 g/mol. The van der Waals surface area contributed by atoms with E-state index in [2.05, 4.69) is 10.4 Å². The lowest BCUT2D eigenvalue weighted by Gasteiger charge is -2.28. The number of nitrogens with zero attached hydrogens (tertiary/aromatic N) is 4. The summed E-state index contributed by atoms with van der Waals surface area (Å²) in [6.07, 6.45) is 5.03. The minimum atomic E-state index is -2.77. The molecule has 2 aliphatic carbocycles. The molecule has 11 heteroatoms. The van der Waals surface area contributed by atoms with Crippen LogP contribution >= 0.6 is 0 Å². The van der Waals surface area contributed by atoms with Crippen LogP contribution in [-0.2, 0) is 11.3 Å². The van der Waals surface area contributed by atoms with Crippen LogP contribution in [0.25, 0.3) is 11.7 Å². The van der Waals surface area contributed by atoms with E-state index in [0.717, 1.165) is 12.8 Å². The Labute approximate surface area is 213 Å². The highest BCUT2D eigenvalue weighted by molar-refractivity contribution is 5.97. The number of likely N-dealkylation sites (tertiary alicyclic amines) is 1. The zero-order valence-corrected chi connectivity index (χ0v) is 21.3. The largest absolute Gasteiger partial charge is 0.492 e. The number of fused-ring (bicyclic) bond motifs is 3. The summed E-state index contributed by atoms with van der Waals surface area (Å²) in [5, 5.41) is 18.0. The number of amides is 2. The highest BCUT2D eigenvalue weighted by Crippen LogP contribution is 2.41. The lowest BCUT2D eigenvalue weighted by atomic mass is 10.0. The van der Waals surface area contributed by atoms with Crippen molar-refractivity contribution in [1.29, 1.82) is 0 Å². The molecule has 2 aromatic rings. The minimum absolute atomic E-state index is 0.00120. The van der Waals surface area contributed by atoms with E-state index in [-0.39, 0.29) is 54.4 Å². The van der Waals surface area contributed by atoms with Gasteiger partial charge in [-0.3, -0.25) is 19.0 Å². The maximum Gasteiger partial charge on any atom is 0.270 e. The number of aryl methyl sites for hydroxylation is 1. The second-order valence-electron chi connectivity index (χ2n) is 11.2. The number of rotatable bonds is 6. The Kier molecular flexibility index (Phi) is 6.35. The standard InChI is InChI=1S/C26H33F2N5O4/c1-14(2)12-32-23-19(6-7-20(34)31-13-16-8-9-26(27,28)11-18(31)10-16)15(3)30-33(23)25(37)21(24(32)36)22(35)29-17-4-5-17/h6-7,14,16-18,37H,4-5,8-13H2,1-3H3,(H,29,35)/b7-6+. The number of hydrogen-bond acceptors (Lipinski definition) is 5. The fourth-order valence-electron chi connectivity index (χ4n) is 5.58. The van der Waals surface area contributed by atoms with Crippen molar-refractivity contribution < 1.29 is 23.5 Å². The smallest absolute Gasteiger partial charge is 0.270 e. The van der Waals surface area contributed by atoms with Crippen LogP contribution in [0.4, 0.5) is 8.78 Å². The summed E-state index contributed by atoms with van der Waals surface area (Å²) in [6.45, 7) is 6.24. The Morgan fingerprint density at radius 3 is 2.68 bits per heavy atom. The maximum atomic E-state index is 14.1. The molecule has 2 N–H and O–H groups in total. The molecule has 2 atom stereocenters. The number of carbonyl (C=O) groups is 2. The predicted molar refractivity (Wildman–Crippen MR) is 133 cm³/mol. The molecule has 3 heterocycles. The summed E-state index contributed by atoms with van der Waals surface area (Å²) in [5.41, 5.74) is 0.157. The van der Waals surface area contributed by atoms with E-state index < -0.39 is 29.3 Å². The minimum Gasteiger partial charge on any atom is -0.492 e. The van der Waals surface area contributed by atoms with E-state index in [0.29, 0.717) is 30.6 Å². The van der Waals surface area contributed by atoms with Crippen molar-refractivity contribution in [2.75, 3.05) is 6.54 Å². The molecule has 2 bridgehead atoms. The summed E-state index contributed by atoms with van der Waals surface area (Å²) in [7, 11) is 0. The Hall–Kier alpha value is -3.24.